The van der Waals surface area contributed by atoms with E-state index in [0.717, 1.165) is 22.3 Å². The molecule has 3 aromatic carbocycles. The second-order valence-electron chi connectivity index (χ2n) is 9.22. The topological polar surface area (TPSA) is 89.0 Å². The second kappa shape index (κ2) is 11.2. The van der Waals surface area contributed by atoms with Crippen molar-refractivity contribution in [1.82, 2.24) is 9.88 Å². The first kappa shape index (κ1) is 25.0. The summed E-state index contributed by atoms with van der Waals surface area (Å²) in [4.78, 5) is 32.0. The molecule has 0 bridgehead atoms. The van der Waals surface area contributed by atoms with Crippen molar-refractivity contribution in [2.75, 3.05) is 0 Å². The number of amides is 1. The van der Waals surface area contributed by atoms with Crippen molar-refractivity contribution in [2.45, 2.75) is 38.6 Å². The van der Waals surface area contributed by atoms with Gasteiger partial charge >= 0.3 is 5.97 Å². The molecule has 7 heteroatoms. The minimum atomic E-state index is -1.08. The van der Waals surface area contributed by atoms with Crippen molar-refractivity contribution in [1.29, 1.82) is 0 Å². The van der Waals surface area contributed by atoms with E-state index in [0.29, 0.717) is 17.9 Å². The van der Waals surface area contributed by atoms with Crippen molar-refractivity contribution in [3.63, 3.8) is 0 Å². The number of carbonyl (C=O) groups excluding carboxylic acids is 1. The van der Waals surface area contributed by atoms with Gasteiger partial charge in [0.05, 0.1) is 0 Å². The lowest BCUT2D eigenvalue weighted by Crippen LogP contribution is -2.51. The summed E-state index contributed by atoms with van der Waals surface area (Å²) in [6.07, 6.45) is 0.667. The minimum Gasteiger partial charge on any atom is -0.488 e. The fourth-order valence-electron chi connectivity index (χ4n) is 4.71. The number of hydrogen-bond donors (Lipinski definition) is 1. The number of carboxylic acids is 1. The van der Waals surface area contributed by atoms with E-state index in [1.807, 2.05) is 67.6 Å². The van der Waals surface area contributed by atoms with Crippen LogP contribution in [0.2, 0.25) is 0 Å². The average Bonchev–Trinajstić information content (AvgIpc) is 2.96. The van der Waals surface area contributed by atoms with Gasteiger partial charge in [0.2, 0.25) is 12.0 Å². The normalized spacial score (nSPS) is 15.3. The molecule has 0 fully saturated rings. The third-order valence-electron chi connectivity index (χ3n) is 6.67. The highest BCUT2D eigenvalue weighted by Gasteiger charge is 2.40. The number of carbonyl (C=O) groups is 2. The SMILES string of the molecule is Cc1ccc2c(c1OCc1ccccc1)CC(C(=O)O)N(C(=O)C(Oc1ccccn1)c1ccccc1)C2. The van der Waals surface area contributed by atoms with E-state index < -0.39 is 24.0 Å². The zero-order valence-corrected chi connectivity index (χ0v) is 21.0. The van der Waals surface area contributed by atoms with E-state index >= 15 is 0 Å². The Kier molecular flexibility index (Phi) is 7.35. The van der Waals surface area contributed by atoms with Gasteiger partial charge < -0.3 is 19.5 Å². The predicted octanol–water partition coefficient (Wildman–Crippen LogP) is 5.13. The van der Waals surface area contributed by atoms with Gasteiger partial charge in [0.1, 0.15) is 18.4 Å². The van der Waals surface area contributed by atoms with Crippen LogP contribution in [0.25, 0.3) is 0 Å². The van der Waals surface area contributed by atoms with Crippen LogP contribution >= 0.6 is 0 Å². The van der Waals surface area contributed by atoms with E-state index in [4.69, 9.17) is 9.47 Å². The lowest BCUT2D eigenvalue weighted by atomic mass is 9.90. The smallest absolute Gasteiger partial charge is 0.326 e. The number of aromatic nitrogens is 1. The molecule has 5 rings (SSSR count). The van der Waals surface area contributed by atoms with E-state index in [1.54, 1.807) is 36.5 Å². The first-order chi connectivity index (χ1) is 18.5. The highest BCUT2D eigenvalue weighted by atomic mass is 16.5. The van der Waals surface area contributed by atoms with Crippen LogP contribution in [-0.2, 0) is 29.2 Å². The van der Waals surface area contributed by atoms with Crippen LogP contribution in [0.4, 0.5) is 0 Å². The Morgan fingerprint density at radius 1 is 0.974 bits per heavy atom. The number of aryl methyl sites for hydroxylation is 1. The maximum atomic E-state index is 14.0. The van der Waals surface area contributed by atoms with Gasteiger partial charge in [0.15, 0.2) is 0 Å². The molecule has 38 heavy (non-hydrogen) atoms. The Bertz CT molecular complexity index is 1410. The summed E-state index contributed by atoms with van der Waals surface area (Å²) < 4.78 is 12.3. The monoisotopic (exact) mass is 508 g/mol. The van der Waals surface area contributed by atoms with Crippen LogP contribution in [0, 0.1) is 6.92 Å². The Hall–Kier alpha value is -4.65. The van der Waals surface area contributed by atoms with Crippen LogP contribution in [0.5, 0.6) is 11.6 Å². The van der Waals surface area contributed by atoms with Gasteiger partial charge in [-0.2, -0.15) is 0 Å². The molecule has 1 aromatic heterocycles. The molecular weight excluding hydrogens is 480 g/mol. The third kappa shape index (κ3) is 5.37. The van der Waals surface area contributed by atoms with Gasteiger partial charge in [0.25, 0.3) is 5.91 Å². The molecule has 2 unspecified atom stereocenters. The average molecular weight is 509 g/mol. The van der Waals surface area contributed by atoms with Gasteiger partial charge in [-0.25, -0.2) is 9.78 Å². The summed E-state index contributed by atoms with van der Waals surface area (Å²) in [5, 5.41) is 10.2. The highest BCUT2D eigenvalue weighted by molar-refractivity contribution is 5.88. The lowest BCUT2D eigenvalue weighted by Gasteiger charge is -2.37. The molecule has 1 N–H and O–H groups in total. The quantitative estimate of drug-likeness (QED) is 0.355. The van der Waals surface area contributed by atoms with Gasteiger partial charge in [-0.15, -0.1) is 0 Å². The molecule has 2 atom stereocenters. The van der Waals surface area contributed by atoms with Crippen molar-refractivity contribution in [3.8, 4) is 11.6 Å². The molecule has 0 radical (unpaired) electrons. The summed E-state index contributed by atoms with van der Waals surface area (Å²) in [6, 6.07) is 26.9. The molecule has 0 saturated heterocycles. The third-order valence-corrected chi connectivity index (χ3v) is 6.67. The first-order valence-electron chi connectivity index (χ1n) is 12.4. The van der Waals surface area contributed by atoms with E-state index in [9.17, 15) is 14.7 Å². The molecule has 0 aliphatic carbocycles. The molecule has 0 saturated carbocycles. The summed E-state index contributed by atoms with van der Waals surface area (Å²) in [6.45, 7) is 2.44. The van der Waals surface area contributed by atoms with Crippen molar-refractivity contribution < 1.29 is 24.2 Å². The summed E-state index contributed by atoms with van der Waals surface area (Å²) >= 11 is 0. The molecule has 7 nitrogen and oxygen atoms in total. The molecular formula is C31H28N2O5. The van der Waals surface area contributed by atoms with Gasteiger partial charge in [0, 0.05) is 36.4 Å². The summed E-state index contributed by atoms with van der Waals surface area (Å²) in [5.41, 5.74) is 4.23. The minimum absolute atomic E-state index is 0.127. The zero-order valence-electron chi connectivity index (χ0n) is 21.0. The number of ether oxygens (including phenoxy) is 2. The zero-order chi connectivity index (χ0) is 26.5. The standard InChI is InChI=1S/C31H28N2O5/c1-21-15-16-24-19-33(26(31(35)36)18-25(24)28(21)37-20-22-10-4-2-5-11-22)30(34)29(23-12-6-3-7-13-23)38-27-14-8-9-17-32-27/h2-17,26,29H,18-20H2,1H3,(H,35,36). The van der Waals surface area contributed by atoms with E-state index in [1.165, 1.54) is 4.90 Å². The summed E-state index contributed by atoms with van der Waals surface area (Å²) in [7, 11) is 0. The van der Waals surface area contributed by atoms with Crippen molar-refractivity contribution >= 4 is 11.9 Å². The number of aliphatic carboxylic acids is 1. The van der Waals surface area contributed by atoms with E-state index in [-0.39, 0.29) is 18.8 Å². The van der Waals surface area contributed by atoms with Crippen molar-refractivity contribution in [2.24, 2.45) is 0 Å². The Morgan fingerprint density at radius 2 is 1.68 bits per heavy atom. The van der Waals surface area contributed by atoms with Crippen LogP contribution < -0.4 is 9.47 Å². The number of benzene rings is 3. The molecule has 192 valence electrons. The summed E-state index contributed by atoms with van der Waals surface area (Å²) in [5.74, 6) is -0.559. The molecule has 1 aliphatic rings. The molecule has 1 aliphatic heterocycles. The highest BCUT2D eigenvalue weighted by Crippen LogP contribution is 2.36. The van der Waals surface area contributed by atoms with Crippen molar-refractivity contribution in [3.05, 3.63) is 125 Å². The lowest BCUT2D eigenvalue weighted by molar-refractivity contribution is -0.155. The number of hydrogen-bond acceptors (Lipinski definition) is 5. The fraction of sp³-hybridized carbons (Fsp3) is 0.194. The first-order valence-corrected chi connectivity index (χ1v) is 12.4. The maximum Gasteiger partial charge on any atom is 0.326 e. The number of carboxylic acid groups (broad SMARTS) is 1. The number of pyridine rings is 1. The van der Waals surface area contributed by atoms with Gasteiger partial charge in [-0.05, 0) is 29.7 Å². The largest absolute Gasteiger partial charge is 0.488 e. The molecule has 1 amide bonds. The van der Waals surface area contributed by atoms with E-state index in [2.05, 4.69) is 4.98 Å². The molecule has 0 spiro atoms. The Morgan fingerprint density at radius 3 is 2.37 bits per heavy atom. The van der Waals surface area contributed by atoms with Crippen LogP contribution in [0.1, 0.15) is 33.9 Å². The molecule has 2 heterocycles. The molecule has 4 aromatic rings. The number of rotatable bonds is 8. The number of nitrogens with zero attached hydrogens (tertiary/aromatic N) is 2. The fourth-order valence-corrected chi connectivity index (χ4v) is 4.71. The Balaban J connectivity index is 1.47. The predicted molar refractivity (Wildman–Crippen MR) is 142 cm³/mol. The second-order valence-corrected chi connectivity index (χ2v) is 9.22. The van der Waals surface area contributed by atoms with Gasteiger partial charge in [-0.1, -0.05) is 78.9 Å². The van der Waals surface area contributed by atoms with Crippen LogP contribution in [0.3, 0.4) is 0 Å². The van der Waals surface area contributed by atoms with Gasteiger partial charge in [-0.3, -0.25) is 4.79 Å². The van der Waals surface area contributed by atoms with Crippen LogP contribution in [0.15, 0.2) is 97.2 Å². The number of fused-ring (bicyclic) bond motifs is 1. The van der Waals surface area contributed by atoms with Crippen LogP contribution in [-0.4, -0.2) is 32.9 Å². The maximum absolute atomic E-state index is 14.0. The Labute approximate surface area is 221 Å².